The van der Waals surface area contributed by atoms with Gasteiger partial charge in [0.15, 0.2) is 0 Å². The van der Waals surface area contributed by atoms with E-state index >= 15 is 0 Å². The highest BCUT2D eigenvalue weighted by Gasteiger charge is 2.19. The van der Waals surface area contributed by atoms with Crippen LogP contribution in [0.5, 0.6) is 5.75 Å². The Kier molecular flexibility index (Phi) is 4.81. The molecule has 1 unspecified atom stereocenters. The molecule has 2 aromatic carbocycles. The van der Waals surface area contributed by atoms with Crippen LogP contribution in [0.4, 0.5) is 0 Å². The van der Waals surface area contributed by atoms with Crippen LogP contribution in [0.3, 0.4) is 0 Å². The zero-order valence-corrected chi connectivity index (χ0v) is 12.6. The highest BCUT2D eigenvalue weighted by Crippen LogP contribution is 2.30. The molecule has 0 spiro atoms. The van der Waals surface area contributed by atoms with Gasteiger partial charge >= 0.3 is 5.97 Å². The van der Waals surface area contributed by atoms with Crippen molar-refractivity contribution in [2.75, 3.05) is 7.11 Å². The Balaban J connectivity index is 2.28. The summed E-state index contributed by atoms with van der Waals surface area (Å²) < 4.78 is 10.7. The van der Waals surface area contributed by atoms with Crippen molar-refractivity contribution >= 4 is 16.7 Å². The highest BCUT2D eigenvalue weighted by molar-refractivity contribution is 5.90. The molecule has 0 amide bonds. The number of hydrogen-bond acceptors (Lipinski definition) is 4. The fourth-order valence-electron chi connectivity index (χ4n) is 2.33. The van der Waals surface area contributed by atoms with E-state index < -0.39 is 6.04 Å². The van der Waals surface area contributed by atoms with E-state index in [2.05, 4.69) is 0 Å². The van der Waals surface area contributed by atoms with E-state index in [4.69, 9.17) is 15.2 Å². The fraction of sp³-hybridized carbons (Fsp3) is 0.353. The average molecular weight is 287 g/mol. The van der Waals surface area contributed by atoms with Crippen LogP contribution < -0.4 is 10.5 Å². The molecule has 4 heteroatoms. The molecule has 0 aliphatic rings. The molecular formula is C17H21NO3. The van der Waals surface area contributed by atoms with E-state index in [0.717, 1.165) is 22.1 Å². The molecule has 0 saturated carbocycles. The van der Waals surface area contributed by atoms with Gasteiger partial charge in [0.2, 0.25) is 0 Å². The molecule has 2 aromatic rings. The lowest BCUT2D eigenvalue weighted by Gasteiger charge is -2.16. The molecule has 2 N–H and O–H groups in total. The molecule has 0 aliphatic heterocycles. The first-order valence-electron chi connectivity index (χ1n) is 7.03. The van der Waals surface area contributed by atoms with Crippen LogP contribution in [0, 0.1) is 0 Å². The summed E-state index contributed by atoms with van der Waals surface area (Å²) in [4.78, 5) is 11.8. The average Bonchev–Trinajstić information content (AvgIpc) is 2.46. The quantitative estimate of drug-likeness (QED) is 0.859. The van der Waals surface area contributed by atoms with Gasteiger partial charge < -0.3 is 15.2 Å². The van der Waals surface area contributed by atoms with E-state index in [1.807, 2.05) is 36.4 Å². The Morgan fingerprint density at radius 1 is 1.19 bits per heavy atom. The van der Waals surface area contributed by atoms with Gasteiger partial charge in [-0.25, -0.2) is 0 Å². The van der Waals surface area contributed by atoms with Gasteiger partial charge in [-0.2, -0.15) is 0 Å². The second-order valence-electron chi connectivity index (χ2n) is 5.28. The SMILES string of the molecule is COc1c(CC(N)C(=O)OC(C)C)ccc2ccccc12. The van der Waals surface area contributed by atoms with Gasteiger partial charge in [-0.15, -0.1) is 0 Å². The fourth-order valence-corrected chi connectivity index (χ4v) is 2.33. The van der Waals surface area contributed by atoms with E-state index in [9.17, 15) is 4.79 Å². The molecule has 0 aromatic heterocycles. The number of nitrogens with two attached hydrogens (primary N) is 1. The van der Waals surface area contributed by atoms with Gasteiger partial charge in [-0.1, -0.05) is 36.4 Å². The van der Waals surface area contributed by atoms with Crippen LogP contribution in [-0.4, -0.2) is 25.2 Å². The molecule has 0 heterocycles. The summed E-state index contributed by atoms with van der Waals surface area (Å²) in [5.41, 5.74) is 6.84. The van der Waals surface area contributed by atoms with Crippen molar-refractivity contribution in [2.24, 2.45) is 5.73 Å². The lowest BCUT2D eigenvalue weighted by molar-refractivity contribution is -0.148. The van der Waals surface area contributed by atoms with Crippen LogP contribution in [0.1, 0.15) is 19.4 Å². The monoisotopic (exact) mass is 287 g/mol. The third-order valence-electron chi connectivity index (χ3n) is 3.26. The van der Waals surface area contributed by atoms with Crippen molar-refractivity contribution in [1.29, 1.82) is 0 Å². The molecule has 0 saturated heterocycles. The molecule has 0 aliphatic carbocycles. The summed E-state index contributed by atoms with van der Waals surface area (Å²) in [6.45, 7) is 3.61. The Hall–Kier alpha value is -2.07. The molecule has 112 valence electrons. The second-order valence-corrected chi connectivity index (χ2v) is 5.28. The predicted octanol–water partition coefficient (Wildman–Crippen LogP) is 2.67. The summed E-state index contributed by atoms with van der Waals surface area (Å²) in [6, 6.07) is 11.2. The molecule has 4 nitrogen and oxygen atoms in total. The van der Waals surface area contributed by atoms with E-state index in [1.165, 1.54) is 0 Å². The number of benzene rings is 2. The molecule has 0 radical (unpaired) electrons. The maximum absolute atomic E-state index is 11.8. The van der Waals surface area contributed by atoms with E-state index in [1.54, 1.807) is 21.0 Å². The minimum atomic E-state index is -0.692. The number of carbonyl (C=O) groups excluding carboxylic acids is 1. The Morgan fingerprint density at radius 2 is 1.90 bits per heavy atom. The largest absolute Gasteiger partial charge is 0.496 e. The molecule has 1 atom stereocenters. The van der Waals surface area contributed by atoms with Gasteiger partial charge in [0.1, 0.15) is 11.8 Å². The normalized spacial score (nSPS) is 12.4. The van der Waals surface area contributed by atoms with Gasteiger partial charge in [0.25, 0.3) is 0 Å². The zero-order valence-electron chi connectivity index (χ0n) is 12.6. The van der Waals surface area contributed by atoms with Gasteiger partial charge in [-0.3, -0.25) is 4.79 Å². The lowest BCUT2D eigenvalue weighted by atomic mass is 10.0. The Morgan fingerprint density at radius 3 is 2.57 bits per heavy atom. The lowest BCUT2D eigenvalue weighted by Crippen LogP contribution is -2.35. The zero-order chi connectivity index (χ0) is 15.4. The molecule has 21 heavy (non-hydrogen) atoms. The van der Waals surface area contributed by atoms with Gasteiger partial charge in [0.05, 0.1) is 13.2 Å². The predicted molar refractivity (Wildman–Crippen MR) is 83.4 cm³/mol. The van der Waals surface area contributed by atoms with Crippen LogP contribution >= 0.6 is 0 Å². The number of methoxy groups -OCH3 is 1. The minimum absolute atomic E-state index is 0.165. The minimum Gasteiger partial charge on any atom is -0.496 e. The van der Waals surface area contributed by atoms with E-state index in [0.29, 0.717) is 6.42 Å². The van der Waals surface area contributed by atoms with Crippen LogP contribution in [-0.2, 0) is 16.0 Å². The second kappa shape index (κ2) is 6.59. The summed E-state index contributed by atoms with van der Waals surface area (Å²) >= 11 is 0. The first-order chi connectivity index (χ1) is 10.0. The summed E-state index contributed by atoms with van der Waals surface area (Å²) in [5, 5.41) is 2.11. The van der Waals surface area contributed by atoms with Crippen molar-refractivity contribution in [3.8, 4) is 5.75 Å². The topological polar surface area (TPSA) is 61.5 Å². The maximum Gasteiger partial charge on any atom is 0.323 e. The maximum atomic E-state index is 11.8. The third kappa shape index (κ3) is 3.52. The molecule has 0 fully saturated rings. The van der Waals surface area contributed by atoms with Crippen LogP contribution in [0.15, 0.2) is 36.4 Å². The van der Waals surface area contributed by atoms with Gasteiger partial charge in [0, 0.05) is 11.8 Å². The van der Waals surface area contributed by atoms with Crippen molar-refractivity contribution < 1.29 is 14.3 Å². The third-order valence-corrected chi connectivity index (χ3v) is 3.26. The molecule has 0 bridgehead atoms. The number of hydrogen-bond donors (Lipinski definition) is 1. The number of ether oxygens (including phenoxy) is 2. The van der Waals surface area contributed by atoms with Crippen molar-refractivity contribution in [3.05, 3.63) is 42.0 Å². The number of fused-ring (bicyclic) bond motifs is 1. The smallest absolute Gasteiger partial charge is 0.323 e. The standard InChI is InChI=1S/C17H21NO3/c1-11(2)21-17(19)15(18)10-13-9-8-12-6-4-5-7-14(12)16(13)20-3/h4-9,11,15H,10,18H2,1-3H3. The summed E-state index contributed by atoms with van der Waals surface area (Å²) in [6.07, 6.45) is 0.224. The van der Waals surface area contributed by atoms with Crippen molar-refractivity contribution in [3.63, 3.8) is 0 Å². The first-order valence-corrected chi connectivity index (χ1v) is 7.03. The van der Waals surface area contributed by atoms with Crippen LogP contribution in [0.25, 0.3) is 10.8 Å². The summed E-state index contributed by atoms with van der Waals surface area (Å²) in [7, 11) is 1.63. The van der Waals surface area contributed by atoms with Gasteiger partial charge in [-0.05, 0) is 24.8 Å². The van der Waals surface area contributed by atoms with Crippen molar-refractivity contribution in [2.45, 2.75) is 32.4 Å². The summed E-state index contributed by atoms with van der Waals surface area (Å²) in [5.74, 6) is 0.376. The molecular weight excluding hydrogens is 266 g/mol. The Bertz CT molecular complexity index is 637. The molecule has 2 rings (SSSR count). The van der Waals surface area contributed by atoms with Crippen molar-refractivity contribution in [1.82, 2.24) is 0 Å². The Labute approximate surface area is 124 Å². The number of rotatable bonds is 5. The number of esters is 1. The van der Waals surface area contributed by atoms with E-state index in [-0.39, 0.29) is 12.1 Å². The highest BCUT2D eigenvalue weighted by atomic mass is 16.5. The first kappa shape index (κ1) is 15.3. The van der Waals surface area contributed by atoms with Crippen LogP contribution in [0.2, 0.25) is 0 Å². The number of carbonyl (C=O) groups is 1.